The van der Waals surface area contributed by atoms with E-state index >= 15 is 0 Å². The lowest BCUT2D eigenvalue weighted by molar-refractivity contribution is -0.116. The van der Waals surface area contributed by atoms with Crippen LogP contribution in [-0.2, 0) is 17.8 Å². The summed E-state index contributed by atoms with van der Waals surface area (Å²) in [7, 11) is 0. The minimum atomic E-state index is -0.197. The van der Waals surface area contributed by atoms with E-state index in [2.05, 4.69) is 15.3 Å². The molecule has 140 valence electrons. The molecule has 3 N–H and O–H groups in total. The monoisotopic (exact) mass is 372 g/mol. The van der Waals surface area contributed by atoms with Crippen LogP contribution in [0.15, 0.2) is 73.3 Å². The van der Waals surface area contributed by atoms with Crippen LogP contribution in [0.25, 0.3) is 6.08 Å². The Morgan fingerprint density at radius 2 is 1.79 bits per heavy atom. The van der Waals surface area contributed by atoms with Gasteiger partial charge in [-0.1, -0.05) is 30.3 Å². The van der Waals surface area contributed by atoms with E-state index in [1.165, 1.54) is 12.3 Å². The third kappa shape index (κ3) is 5.35. The van der Waals surface area contributed by atoms with E-state index in [1.807, 2.05) is 24.3 Å². The number of benzene rings is 1. The maximum absolute atomic E-state index is 12.4. The van der Waals surface area contributed by atoms with E-state index < -0.39 is 0 Å². The molecule has 0 radical (unpaired) electrons. The molecule has 2 heterocycles. The van der Waals surface area contributed by atoms with Crippen molar-refractivity contribution in [1.82, 2.24) is 15.3 Å². The van der Waals surface area contributed by atoms with Crippen LogP contribution in [0, 0.1) is 0 Å². The number of pyridine rings is 2. The number of ketones is 1. The van der Waals surface area contributed by atoms with Crippen molar-refractivity contribution in [2.45, 2.75) is 13.0 Å². The van der Waals surface area contributed by atoms with Crippen molar-refractivity contribution in [3.63, 3.8) is 0 Å². The highest BCUT2D eigenvalue weighted by molar-refractivity contribution is 5.98. The Kier molecular flexibility index (Phi) is 6.25. The fraction of sp³-hybridized carbons (Fsp3) is 0.0909. The second-order valence-corrected chi connectivity index (χ2v) is 6.21. The summed E-state index contributed by atoms with van der Waals surface area (Å²) in [6.07, 6.45) is 9.91. The second-order valence-electron chi connectivity index (χ2n) is 6.21. The number of carbonyl (C=O) groups is 2. The summed E-state index contributed by atoms with van der Waals surface area (Å²) < 4.78 is 0. The lowest BCUT2D eigenvalue weighted by Crippen LogP contribution is -2.20. The average Bonchev–Trinajstić information content (AvgIpc) is 2.73. The number of rotatable bonds is 7. The van der Waals surface area contributed by atoms with Crippen molar-refractivity contribution in [2.24, 2.45) is 0 Å². The van der Waals surface area contributed by atoms with Crippen LogP contribution in [0.5, 0.6) is 0 Å². The molecule has 6 nitrogen and oxygen atoms in total. The summed E-state index contributed by atoms with van der Waals surface area (Å²) in [4.78, 5) is 32.2. The number of nitrogens with one attached hydrogen (secondary N) is 1. The summed E-state index contributed by atoms with van der Waals surface area (Å²) in [5, 5.41) is 2.81. The first-order valence-electron chi connectivity index (χ1n) is 8.78. The lowest BCUT2D eigenvalue weighted by Gasteiger charge is -2.06. The van der Waals surface area contributed by atoms with Gasteiger partial charge in [0.2, 0.25) is 5.91 Å². The second kappa shape index (κ2) is 9.23. The predicted octanol–water partition coefficient (Wildman–Crippen LogP) is 2.81. The van der Waals surface area contributed by atoms with Gasteiger partial charge in [-0.2, -0.15) is 0 Å². The van der Waals surface area contributed by atoms with Gasteiger partial charge >= 0.3 is 0 Å². The summed E-state index contributed by atoms with van der Waals surface area (Å²) in [6, 6.07) is 12.6. The number of carbonyl (C=O) groups excluding carboxylic acids is 2. The topological polar surface area (TPSA) is 98.0 Å². The molecule has 2 aromatic heterocycles. The molecule has 3 aromatic rings. The molecule has 28 heavy (non-hydrogen) atoms. The van der Waals surface area contributed by atoms with E-state index in [0.717, 1.165) is 16.7 Å². The van der Waals surface area contributed by atoms with Crippen LogP contribution >= 0.6 is 0 Å². The highest BCUT2D eigenvalue weighted by atomic mass is 16.1. The van der Waals surface area contributed by atoms with Crippen LogP contribution in [-0.4, -0.2) is 21.7 Å². The molecule has 0 atom stereocenters. The highest BCUT2D eigenvalue weighted by Gasteiger charge is 2.09. The van der Waals surface area contributed by atoms with Crippen LogP contribution < -0.4 is 11.1 Å². The Balaban J connectivity index is 1.53. The smallest absolute Gasteiger partial charge is 0.244 e. The number of amides is 1. The third-order valence-electron chi connectivity index (χ3n) is 4.15. The highest BCUT2D eigenvalue weighted by Crippen LogP contribution is 2.13. The number of nitrogen functional groups attached to an aromatic ring is 1. The van der Waals surface area contributed by atoms with Gasteiger partial charge in [0.15, 0.2) is 5.78 Å². The lowest BCUT2D eigenvalue weighted by atomic mass is 10.0. The molecule has 0 aliphatic carbocycles. The number of Topliss-reactive ketones (excluding diaryl/α,β-unsaturated/α-hetero) is 1. The van der Waals surface area contributed by atoms with Crippen LogP contribution in [0.2, 0.25) is 0 Å². The van der Waals surface area contributed by atoms with Gasteiger partial charge in [-0.3, -0.25) is 19.6 Å². The summed E-state index contributed by atoms with van der Waals surface area (Å²) in [5.41, 5.74) is 9.47. The van der Waals surface area contributed by atoms with Gasteiger partial charge in [-0.15, -0.1) is 0 Å². The molecule has 6 heteroatoms. The van der Waals surface area contributed by atoms with Crippen molar-refractivity contribution in [3.05, 3.63) is 95.6 Å². The van der Waals surface area contributed by atoms with Crippen molar-refractivity contribution in [2.75, 3.05) is 5.73 Å². The zero-order chi connectivity index (χ0) is 19.8. The summed E-state index contributed by atoms with van der Waals surface area (Å²) in [5.74, 6) is -0.218. The molecule has 3 rings (SSSR count). The fourth-order valence-corrected chi connectivity index (χ4v) is 2.57. The molecule has 1 amide bonds. The average molecular weight is 372 g/mol. The van der Waals surface area contributed by atoms with Crippen LogP contribution in [0.4, 0.5) is 5.69 Å². The first-order valence-corrected chi connectivity index (χ1v) is 8.78. The Hall–Kier alpha value is -3.80. The zero-order valence-corrected chi connectivity index (χ0v) is 15.2. The van der Waals surface area contributed by atoms with E-state index in [4.69, 9.17) is 5.73 Å². The van der Waals surface area contributed by atoms with Crippen molar-refractivity contribution < 1.29 is 9.59 Å². The Labute approximate surface area is 163 Å². The minimum Gasteiger partial charge on any atom is -0.397 e. The van der Waals surface area contributed by atoms with Crippen LogP contribution in [0.3, 0.4) is 0 Å². The third-order valence-corrected chi connectivity index (χ3v) is 4.15. The first kappa shape index (κ1) is 19.0. The van der Waals surface area contributed by atoms with Gasteiger partial charge in [0.25, 0.3) is 0 Å². The van der Waals surface area contributed by atoms with Crippen LogP contribution in [0.1, 0.15) is 27.0 Å². The SMILES string of the molecule is Nc1cnccc1CC(=O)c1ccc(CNC(=O)/C=C/c2cccnc2)cc1. The van der Waals surface area contributed by atoms with E-state index in [9.17, 15) is 9.59 Å². The quantitative estimate of drug-likeness (QED) is 0.491. The fourth-order valence-electron chi connectivity index (χ4n) is 2.57. The number of anilines is 1. The van der Waals surface area contributed by atoms with Gasteiger partial charge in [-0.25, -0.2) is 0 Å². The Morgan fingerprint density at radius 3 is 2.50 bits per heavy atom. The molecule has 0 unspecified atom stereocenters. The summed E-state index contributed by atoms with van der Waals surface area (Å²) in [6.45, 7) is 0.377. The molecular weight excluding hydrogens is 352 g/mol. The molecule has 0 aliphatic rings. The molecule has 0 aliphatic heterocycles. The molecule has 1 aromatic carbocycles. The van der Waals surface area contributed by atoms with Gasteiger partial charge < -0.3 is 11.1 Å². The normalized spacial score (nSPS) is 10.7. The standard InChI is InChI=1S/C22H20N4O2/c23-20-15-25-11-9-19(20)12-21(27)18-6-3-17(4-7-18)14-26-22(28)8-5-16-2-1-10-24-13-16/h1-11,13,15H,12,14,23H2,(H,26,28)/b8-5+. The maximum atomic E-state index is 12.4. The summed E-state index contributed by atoms with van der Waals surface area (Å²) >= 11 is 0. The van der Waals surface area contributed by atoms with Gasteiger partial charge in [-0.05, 0) is 34.9 Å². The molecular formula is C22H20N4O2. The molecule has 0 spiro atoms. The van der Waals surface area contributed by atoms with Gasteiger partial charge in [0.05, 0.1) is 11.9 Å². The number of hydrogen-bond acceptors (Lipinski definition) is 5. The van der Waals surface area contributed by atoms with Crippen molar-refractivity contribution >= 4 is 23.5 Å². The van der Waals surface area contributed by atoms with E-state index in [0.29, 0.717) is 17.8 Å². The molecule has 0 saturated heterocycles. The number of aromatic nitrogens is 2. The molecule has 0 fully saturated rings. The predicted molar refractivity (Wildman–Crippen MR) is 108 cm³/mol. The molecule has 0 bridgehead atoms. The molecule has 0 saturated carbocycles. The van der Waals surface area contributed by atoms with E-state index in [1.54, 1.807) is 42.9 Å². The number of hydrogen-bond donors (Lipinski definition) is 2. The van der Waals surface area contributed by atoms with Gasteiger partial charge in [0.1, 0.15) is 0 Å². The zero-order valence-electron chi connectivity index (χ0n) is 15.2. The Morgan fingerprint density at radius 1 is 1.00 bits per heavy atom. The maximum Gasteiger partial charge on any atom is 0.244 e. The van der Waals surface area contributed by atoms with Crippen molar-refractivity contribution in [1.29, 1.82) is 0 Å². The van der Waals surface area contributed by atoms with E-state index in [-0.39, 0.29) is 18.1 Å². The number of nitrogens with two attached hydrogens (primary N) is 1. The Bertz CT molecular complexity index is 983. The largest absolute Gasteiger partial charge is 0.397 e. The van der Waals surface area contributed by atoms with Crippen molar-refractivity contribution in [3.8, 4) is 0 Å². The first-order chi connectivity index (χ1) is 13.6. The van der Waals surface area contributed by atoms with Gasteiger partial charge in [0, 0.05) is 43.2 Å². The minimum absolute atomic E-state index is 0.0205. The number of nitrogens with zero attached hydrogens (tertiary/aromatic N) is 2.